The summed E-state index contributed by atoms with van der Waals surface area (Å²) in [5.41, 5.74) is 2.75. The fraction of sp³-hybridized carbons (Fsp3) is 1.00. The monoisotopic (exact) mass is 606 g/mol. The molecule has 0 radical (unpaired) electrons. The normalized spacial score (nSPS) is 39.8. The summed E-state index contributed by atoms with van der Waals surface area (Å²) in [6.45, 7) is 47.8. The third kappa shape index (κ3) is 7.72. The summed E-state index contributed by atoms with van der Waals surface area (Å²) in [7, 11) is 4.51. The van der Waals surface area contributed by atoms with Crippen LogP contribution in [0, 0.1) is 38.4 Å². The fourth-order valence-corrected chi connectivity index (χ4v) is 9.95. The van der Waals surface area contributed by atoms with Crippen LogP contribution in [-0.2, 0) is 0 Å². The van der Waals surface area contributed by atoms with Crippen molar-refractivity contribution in [1.82, 2.24) is 14.7 Å². The molecule has 3 heterocycles. The van der Waals surface area contributed by atoms with Gasteiger partial charge >= 0.3 is 0 Å². The maximum absolute atomic E-state index is 2.73. The minimum atomic E-state index is 0.408. The molecule has 3 nitrogen and oxygen atoms in total. The SMILES string of the molecule is CC1C(C)C(C)(C(C)(C)C)CN1C.CC1CC(C)(C(C)(C)C)CC(C)N1C.CCC1N(CC)C(CC)C1(CC)C(C)(C)C. The lowest BCUT2D eigenvalue weighted by molar-refractivity contribution is -0.198. The maximum Gasteiger partial charge on any atom is 0.0172 e. The lowest BCUT2D eigenvalue weighted by atomic mass is 9.50. The molecule has 0 aliphatic carbocycles. The number of rotatable bonds is 4. The molecule has 258 valence electrons. The van der Waals surface area contributed by atoms with Gasteiger partial charge in [-0.3, -0.25) is 4.90 Å². The summed E-state index contributed by atoms with van der Waals surface area (Å²) in [6.07, 6.45) is 6.59. The Morgan fingerprint density at radius 1 is 0.651 bits per heavy atom. The van der Waals surface area contributed by atoms with Gasteiger partial charge in [0, 0.05) is 42.2 Å². The van der Waals surface area contributed by atoms with E-state index in [1.165, 1.54) is 45.2 Å². The molecule has 0 saturated carbocycles. The second-order valence-electron chi connectivity index (χ2n) is 19.0. The third-order valence-electron chi connectivity index (χ3n) is 14.5. The van der Waals surface area contributed by atoms with Crippen molar-refractivity contribution < 1.29 is 0 Å². The van der Waals surface area contributed by atoms with Gasteiger partial charge in [-0.1, -0.05) is 111 Å². The molecule has 3 rings (SSSR count). The topological polar surface area (TPSA) is 9.72 Å². The van der Waals surface area contributed by atoms with Gasteiger partial charge in [0.15, 0.2) is 0 Å². The van der Waals surface area contributed by atoms with Crippen LogP contribution in [0.15, 0.2) is 0 Å². The Hall–Kier alpha value is -0.120. The number of hydrogen-bond donors (Lipinski definition) is 0. The van der Waals surface area contributed by atoms with Crippen molar-refractivity contribution in [3.05, 3.63) is 0 Å². The predicted octanol–water partition coefficient (Wildman–Crippen LogP) is 10.9. The fourth-order valence-electron chi connectivity index (χ4n) is 9.95. The van der Waals surface area contributed by atoms with Crippen LogP contribution in [0.5, 0.6) is 0 Å². The summed E-state index contributed by atoms with van der Waals surface area (Å²) >= 11 is 0. The molecule has 0 amide bonds. The first-order valence-corrected chi connectivity index (χ1v) is 18.5. The summed E-state index contributed by atoms with van der Waals surface area (Å²) < 4.78 is 0. The zero-order valence-electron chi connectivity index (χ0n) is 33.8. The van der Waals surface area contributed by atoms with E-state index in [1.54, 1.807) is 0 Å². The summed E-state index contributed by atoms with van der Waals surface area (Å²) in [6, 6.07) is 3.77. The first kappa shape index (κ1) is 40.9. The molecule has 3 heteroatoms. The molecule has 0 aromatic carbocycles. The molecule has 7 unspecified atom stereocenters. The van der Waals surface area contributed by atoms with Gasteiger partial charge in [-0.05, 0) is 107 Å². The van der Waals surface area contributed by atoms with E-state index in [4.69, 9.17) is 0 Å². The van der Waals surface area contributed by atoms with Gasteiger partial charge in [0.2, 0.25) is 0 Å². The molecule has 0 aromatic rings. The highest BCUT2D eigenvalue weighted by Gasteiger charge is 2.62. The Morgan fingerprint density at radius 2 is 1.07 bits per heavy atom. The molecule has 3 aliphatic heterocycles. The van der Waals surface area contributed by atoms with Crippen molar-refractivity contribution in [3.8, 4) is 0 Å². The van der Waals surface area contributed by atoms with Crippen LogP contribution >= 0.6 is 0 Å². The molecule has 0 bridgehead atoms. The number of nitrogens with zero attached hydrogens (tertiary/aromatic N) is 3. The molecule has 7 atom stereocenters. The first-order valence-electron chi connectivity index (χ1n) is 18.5. The van der Waals surface area contributed by atoms with E-state index in [2.05, 4.69) is 160 Å². The van der Waals surface area contributed by atoms with E-state index in [0.717, 1.165) is 36.1 Å². The molecular weight excluding hydrogens is 522 g/mol. The van der Waals surface area contributed by atoms with E-state index < -0.39 is 0 Å². The van der Waals surface area contributed by atoms with Crippen molar-refractivity contribution in [2.24, 2.45) is 38.4 Å². The van der Waals surface area contributed by atoms with E-state index in [0.29, 0.717) is 32.5 Å². The standard InChI is InChI=1S/C15H31N.C13H27N.C12H25N/c1-8-12-15(10-3,14(5,6)7)13(9-2)16(12)11-4;1-10-8-13(6,12(3,4)5)9-11(2)14(10)7;1-9-10(2)13(7)8-12(9,6)11(3,4)5/h12-13H,8-11H2,1-7H3;10-11H,8-9H2,1-7H3;9-10H,8H2,1-7H3. The highest BCUT2D eigenvalue weighted by Crippen LogP contribution is 2.59. The minimum Gasteiger partial charge on any atom is -0.303 e. The molecule has 0 N–H and O–H groups in total. The quantitative estimate of drug-likeness (QED) is 0.315. The van der Waals surface area contributed by atoms with E-state index in [-0.39, 0.29) is 0 Å². The molecule has 0 spiro atoms. The first-order chi connectivity index (χ1) is 19.3. The molecule has 3 aliphatic rings. The van der Waals surface area contributed by atoms with E-state index in [9.17, 15) is 0 Å². The average molecular weight is 606 g/mol. The number of hydrogen-bond acceptors (Lipinski definition) is 3. The van der Waals surface area contributed by atoms with Crippen molar-refractivity contribution in [1.29, 1.82) is 0 Å². The van der Waals surface area contributed by atoms with Crippen LogP contribution in [-0.4, -0.2) is 72.1 Å². The number of piperidine rings is 1. The van der Waals surface area contributed by atoms with Crippen LogP contribution < -0.4 is 0 Å². The van der Waals surface area contributed by atoms with Gasteiger partial charge in [-0.2, -0.15) is 0 Å². The number of likely N-dealkylation sites (tertiary alicyclic amines) is 3. The predicted molar refractivity (Wildman–Crippen MR) is 195 cm³/mol. The Morgan fingerprint density at radius 3 is 1.28 bits per heavy atom. The summed E-state index contributed by atoms with van der Waals surface area (Å²) in [4.78, 5) is 7.75. The summed E-state index contributed by atoms with van der Waals surface area (Å²) in [5, 5.41) is 0. The molecular formula is C40H83N3. The largest absolute Gasteiger partial charge is 0.303 e. The Kier molecular flexibility index (Phi) is 13.6. The van der Waals surface area contributed by atoms with E-state index >= 15 is 0 Å². The highest BCUT2D eigenvalue weighted by molar-refractivity contribution is 5.14. The third-order valence-corrected chi connectivity index (χ3v) is 14.5. The van der Waals surface area contributed by atoms with Crippen molar-refractivity contribution in [3.63, 3.8) is 0 Å². The highest BCUT2D eigenvalue weighted by atomic mass is 15.3. The minimum absolute atomic E-state index is 0.408. The van der Waals surface area contributed by atoms with Gasteiger partial charge in [-0.15, -0.1) is 0 Å². The lowest BCUT2D eigenvalue weighted by Crippen LogP contribution is -2.74. The van der Waals surface area contributed by atoms with Gasteiger partial charge in [0.05, 0.1) is 0 Å². The molecule has 3 fully saturated rings. The Balaban J connectivity index is 0.000000324. The smallest absolute Gasteiger partial charge is 0.0172 e. The Bertz CT molecular complexity index is 817. The van der Waals surface area contributed by atoms with Gasteiger partial charge in [0.1, 0.15) is 0 Å². The zero-order chi connectivity index (χ0) is 34.1. The zero-order valence-corrected chi connectivity index (χ0v) is 33.8. The van der Waals surface area contributed by atoms with Gasteiger partial charge < -0.3 is 9.80 Å². The van der Waals surface area contributed by atoms with Crippen LogP contribution in [0.3, 0.4) is 0 Å². The molecule has 3 saturated heterocycles. The van der Waals surface area contributed by atoms with Crippen LogP contribution in [0.4, 0.5) is 0 Å². The van der Waals surface area contributed by atoms with Gasteiger partial charge in [-0.25, -0.2) is 0 Å². The van der Waals surface area contributed by atoms with Crippen molar-refractivity contribution >= 4 is 0 Å². The molecule has 0 aromatic heterocycles. The van der Waals surface area contributed by atoms with Crippen molar-refractivity contribution in [2.45, 2.75) is 194 Å². The maximum atomic E-state index is 2.73. The Labute approximate surface area is 273 Å². The van der Waals surface area contributed by atoms with Crippen LogP contribution in [0.25, 0.3) is 0 Å². The van der Waals surface area contributed by atoms with Crippen LogP contribution in [0.1, 0.15) is 164 Å². The summed E-state index contributed by atoms with van der Waals surface area (Å²) in [5.74, 6) is 0.789. The average Bonchev–Trinajstić information content (AvgIpc) is 3.05. The van der Waals surface area contributed by atoms with Gasteiger partial charge in [0.25, 0.3) is 0 Å². The van der Waals surface area contributed by atoms with E-state index in [1.807, 2.05) is 0 Å². The second-order valence-corrected chi connectivity index (χ2v) is 19.0. The van der Waals surface area contributed by atoms with Crippen LogP contribution in [0.2, 0.25) is 0 Å². The second kappa shape index (κ2) is 14.3. The lowest BCUT2D eigenvalue weighted by Gasteiger charge is -2.69. The van der Waals surface area contributed by atoms with Crippen molar-refractivity contribution in [2.75, 3.05) is 27.2 Å². The molecule has 43 heavy (non-hydrogen) atoms.